The van der Waals surface area contributed by atoms with Crippen molar-refractivity contribution in [1.82, 2.24) is 15.5 Å². The van der Waals surface area contributed by atoms with Crippen molar-refractivity contribution in [3.63, 3.8) is 0 Å². The van der Waals surface area contributed by atoms with E-state index in [9.17, 15) is 9.18 Å². The molecule has 1 heterocycles. The molecular weight excluding hydrogens is 309 g/mol. The van der Waals surface area contributed by atoms with E-state index in [1.807, 2.05) is 6.92 Å². The summed E-state index contributed by atoms with van der Waals surface area (Å²) in [6, 6.07) is 11.5. The lowest BCUT2D eigenvalue weighted by atomic mass is 10.1. The molecule has 0 atom stereocenters. The van der Waals surface area contributed by atoms with Gasteiger partial charge in [0.05, 0.1) is 12.1 Å². The van der Waals surface area contributed by atoms with E-state index >= 15 is 0 Å². The zero-order chi connectivity index (χ0) is 16.9. The Balaban J connectivity index is 1.87. The van der Waals surface area contributed by atoms with Gasteiger partial charge in [-0.15, -0.1) is 0 Å². The molecule has 0 fully saturated rings. The summed E-state index contributed by atoms with van der Waals surface area (Å²) in [5.41, 5.74) is 2.60. The number of nitrogens with one attached hydrogen (secondary N) is 2. The van der Waals surface area contributed by atoms with Crippen LogP contribution in [0.15, 0.2) is 42.5 Å². The molecular formula is C18H18FN3O2. The molecule has 1 amide bonds. The van der Waals surface area contributed by atoms with Crippen molar-refractivity contribution >= 4 is 16.8 Å². The van der Waals surface area contributed by atoms with Gasteiger partial charge < -0.3 is 10.1 Å². The monoisotopic (exact) mass is 327 g/mol. The number of fused-ring (bicyclic) bond motifs is 1. The van der Waals surface area contributed by atoms with E-state index in [2.05, 4.69) is 15.5 Å². The lowest BCUT2D eigenvalue weighted by Crippen LogP contribution is -2.27. The third-order valence-electron chi connectivity index (χ3n) is 3.66. The van der Waals surface area contributed by atoms with Crippen LogP contribution >= 0.6 is 0 Å². The SMILES string of the molecule is CCOCCNC(=O)c1ccc2[nH]nc(-c3cccc(F)c3)c2c1. The molecule has 2 N–H and O–H groups in total. The molecule has 3 rings (SSSR count). The number of nitrogens with zero attached hydrogens (tertiary/aromatic N) is 1. The number of aromatic nitrogens is 2. The summed E-state index contributed by atoms with van der Waals surface area (Å²) in [5, 5.41) is 10.7. The number of H-pyrrole nitrogens is 1. The third-order valence-corrected chi connectivity index (χ3v) is 3.66. The van der Waals surface area contributed by atoms with Crippen molar-refractivity contribution in [2.45, 2.75) is 6.92 Å². The smallest absolute Gasteiger partial charge is 0.251 e. The van der Waals surface area contributed by atoms with Gasteiger partial charge in [0.1, 0.15) is 11.5 Å². The quantitative estimate of drug-likeness (QED) is 0.684. The Kier molecular flexibility index (Phi) is 4.86. The molecule has 0 aliphatic heterocycles. The standard InChI is InChI=1S/C18H18FN3O2/c1-2-24-9-8-20-18(23)13-6-7-16-15(11-13)17(22-21-16)12-4-3-5-14(19)10-12/h3-7,10-11H,2,8-9H2,1H3,(H,20,23)(H,21,22). The first-order chi connectivity index (χ1) is 11.7. The first-order valence-corrected chi connectivity index (χ1v) is 7.79. The maximum absolute atomic E-state index is 13.5. The first kappa shape index (κ1) is 16.1. The van der Waals surface area contributed by atoms with Crippen LogP contribution in [0.25, 0.3) is 22.2 Å². The van der Waals surface area contributed by atoms with E-state index < -0.39 is 0 Å². The normalized spacial score (nSPS) is 10.9. The number of carbonyl (C=O) groups is 1. The summed E-state index contributed by atoms with van der Waals surface area (Å²) in [6.07, 6.45) is 0. The van der Waals surface area contributed by atoms with Crippen LogP contribution in [0.3, 0.4) is 0 Å². The zero-order valence-corrected chi connectivity index (χ0v) is 13.3. The maximum atomic E-state index is 13.5. The summed E-state index contributed by atoms with van der Waals surface area (Å²) < 4.78 is 18.7. The van der Waals surface area contributed by atoms with Gasteiger partial charge in [-0.2, -0.15) is 5.10 Å². The summed E-state index contributed by atoms with van der Waals surface area (Å²) in [7, 11) is 0. The van der Waals surface area contributed by atoms with Crippen LogP contribution in [0, 0.1) is 5.82 Å². The Morgan fingerprint density at radius 2 is 2.17 bits per heavy atom. The van der Waals surface area contributed by atoms with Crippen molar-refractivity contribution in [1.29, 1.82) is 0 Å². The van der Waals surface area contributed by atoms with Crippen LogP contribution in [0.1, 0.15) is 17.3 Å². The Bertz CT molecular complexity index is 860. The Morgan fingerprint density at radius 3 is 2.96 bits per heavy atom. The van der Waals surface area contributed by atoms with Gasteiger partial charge in [-0.3, -0.25) is 9.89 Å². The third kappa shape index (κ3) is 3.44. The number of benzene rings is 2. The summed E-state index contributed by atoms with van der Waals surface area (Å²) in [5.74, 6) is -0.503. The molecule has 5 nitrogen and oxygen atoms in total. The Labute approximate surface area is 138 Å². The summed E-state index contributed by atoms with van der Waals surface area (Å²) in [4.78, 5) is 12.2. The average Bonchev–Trinajstić information content (AvgIpc) is 3.01. The minimum absolute atomic E-state index is 0.178. The van der Waals surface area contributed by atoms with Crippen molar-refractivity contribution in [2.24, 2.45) is 0 Å². The fourth-order valence-corrected chi connectivity index (χ4v) is 2.49. The van der Waals surface area contributed by atoms with Crippen LogP contribution in [0.5, 0.6) is 0 Å². The van der Waals surface area contributed by atoms with Crippen molar-refractivity contribution < 1.29 is 13.9 Å². The minimum atomic E-state index is -0.325. The molecule has 1 aromatic heterocycles. The predicted octanol–water partition coefficient (Wildman–Crippen LogP) is 3.14. The lowest BCUT2D eigenvalue weighted by molar-refractivity contribution is 0.0922. The topological polar surface area (TPSA) is 67.0 Å². The molecule has 0 bridgehead atoms. The fourth-order valence-electron chi connectivity index (χ4n) is 2.49. The first-order valence-electron chi connectivity index (χ1n) is 7.79. The molecule has 6 heteroatoms. The van der Waals surface area contributed by atoms with E-state index in [1.54, 1.807) is 30.3 Å². The van der Waals surface area contributed by atoms with Gasteiger partial charge in [0, 0.05) is 29.7 Å². The van der Waals surface area contributed by atoms with E-state index in [0.29, 0.717) is 36.6 Å². The van der Waals surface area contributed by atoms with Gasteiger partial charge in [-0.1, -0.05) is 12.1 Å². The van der Waals surface area contributed by atoms with Crippen LogP contribution in [0.2, 0.25) is 0 Å². The number of hydrogen-bond donors (Lipinski definition) is 2. The lowest BCUT2D eigenvalue weighted by Gasteiger charge is -2.06. The largest absolute Gasteiger partial charge is 0.380 e. The molecule has 3 aromatic rings. The molecule has 0 spiro atoms. The van der Waals surface area contributed by atoms with Gasteiger partial charge in [-0.25, -0.2) is 4.39 Å². The van der Waals surface area contributed by atoms with Crippen molar-refractivity contribution in [3.8, 4) is 11.3 Å². The molecule has 0 unspecified atom stereocenters. The van der Waals surface area contributed by atoms with Gasteiger partial charge >= 0.3 is 0 Å². The second-order valence-electron chi connectivity index (χ2n) is 5.30. The fraction of sp³-hybridized carbons (Fsp3) is 0.222. The van der Waals surface area contributed by atoms with Crippen LogP contribution < -0.4 is 5.32 Å². The van der Waals surface area contributed by atoms with E-state index in [0.717, 1.165) is 10.9 Å². The molecule has 0 aliphatic carbocycles. The molecule has 0 saturated carbocycles. The predicted molar refractivity (Wildman–Crippen MR) is 90.3 cm³/mol. The van der Waals surface area contributed by atoms with Gasteiger partial charge in [-0.05, 0) is 37.3 Å². The highest BCUT2D eigenvalue weighted by Gasteiger charge is 2.12. The summed E-state index contributed by atoms with van der Waals surface area (Å²) in [6.45, 7) is 3.45. The second-order valence-corrected chi connectivity index (χ2v) is 5.30. The summed E-state index contributed by atoms with van der Waals surface area (Å²) >= 11 is 0. The van der Waals surface area contributed by atoms with E-state index in [1.165, 1.54) is 12.1 Å². The highest BCUT2D eigenvalue weighted by molar-refractivity contribution is 6.01. The van der Waals surface area contributed by atoms with E-state index in [-0.39, 0.29) is 11.7 Å². The van der Waals surface area contributed by atoms with Gasteiger partial charge in [0.2, 0.25) is 0 Å². The molecule has 0 aliphatic rings. The average molecular weight is 327 g/mol. The number of amides is 1. The highest BCUT2D eigenvalue weighted by Crippen LogP contribution is 2.27. The number of rotatable bonds is 6. The number of hydrogen-bond acceptors (Lipinski definition) is 3. The second kappa shape index (κ2) is 7.23. The van der Waals surface area contributed by atoms with Gasteiger partial charge in [0.25, 0.3) is 5.91 Å². The van der Waals surface area contributed by atoms with Crippen molar-refractivity contribution in [2.75, 3.05) is 19.8 Å². The Hall–Kier alpha value is -2.73. The number of ether oxygens (including phenoxy) is 1. The van der Waals surface area contributed by atoms with E-state index in [4.69, 9.17) is 4.74 Å². The van der Waals surface area contributed by atoms with Crippen molar-refractivity contribution in [3.05, 3.63) is 53.8 Å². The maximum Gasteiger partial charge on any atom is 0.251 e. The number of halogens is 1. The molecule has 0 saturated heterocycles. The Morgan fingerprint density at radius 1 is 1.29 bits per heavy atom. The number of aromatic amines is 1. The minimum Gasteiger partial charge on any atom is -0.380 e. The van der Waals surface area contributed by atoms with Crippen LogP contribution in [-0.2, 0) is 4.74 Å². The zero-order valence-electron chi connectivity index (χ0n) is 13.3. The molecule has 0 radical (unpaired) electrons. The van der Waals surface area contributed by atoms with Crippen LogP contribution in [0.4, 0.5) is 4.39 Å². The van der Waals surface area contributed by atoms with Gasteiger partial charge in [0.15, 0.2) is 0 Å². The molecule has 124 valence electrons. The highest BCUT2D eigenvalue weighted by atomic mass is 19.1. The van der Waals surface area contributed by atoms with Crippen LogP contribution in [-0.4, -0.2) is 35.9 Å². The molecule has 24 heavy (non-hydrogen) atoms. The molecule has 2 aromatic carbocycles. The number of carbonyl (C=O) groups excluding carboxylic acids is 1.